The third-order valence-corrected chi connectivity index (χ3v) is 3.89. The summed E-state index contributed by atoms with van der Waals surface area (Å²) >= 11 is 0. The Morgan fingerprint density at radius 3 is 2.47 bits per heavy atom. The Hall–Kier alpha value is -0.0800. The van der Waals surface area contributed by atoms with Gasteiger partial charge in [-0.2, -0.15) is 0 Å². The number of nitrogens with one attached hydrogen (secondary N) is 1. The second-order valence-corrected chi connectivity index (χ2v) is 5.90. The van der Waals surface area contributed by atoms with Crippen LogP contribution in [-0.4, -0.2) is 38.1 Å². The van der Waals surface area contributed by atoms with Gasteiger partial charge in [-0.1, -0.05) is 26.7 Å². The molecule has 0 aromatic heterocycles. The number of hydrogen-bond donors (Lipinski definition) is 1. The smallest absolute Gasteiger partial charge is 0.000926 e. The lowest BCUT2D eigenvalue weighted by molar-refractivity contribution is 0.306. The lowest BCUT2D eigenvalue weighted by Gasteiger charge is -2.16. The van der Waals surface area contributed by atoms with Crippen LogP contribution >= 0.6 is 0 Å². The highest BCUT2D eigenvalue weighted by Gasteiger charge is 2.32. The quantitative estimate of drug-likeness (QED) is 0.558. The molecule has 1 saturated carbocycles. The molecule has 0 saturated heterocycles. The summed E-state index contributed by atoms with van der Waals surface area (Å²) in [6.07, 6.45) is 8.25. The third kappa shape index (κ3) is 7.77. The van der Waals surface area contributed by atoms with E-state index in [9.17, 15) is 0 Å². The first-order chi connectivity index (χ1) is 8.24. The molecule has 0 spiro atoms. The standard InChI is InChI=1S/C15H32N2/c1-4-9-16-10-7-5-6-8-11-17(3)13-15-12-14(15)2/h14-16H,4-13H2,1-3H3. The van der Waals surface area contributed by atoms with Crippen molar-refractivity contribution in [3.05, 3.63) is 0 Å². The van der Waals surface area contributed by atoms with Gasteiger partial charge in [0.15, 0.2) is 0 Å². The van der Waals surface area contributed by atoms with Crippen LogP contribution in [0.25, 0.3) is 0 Å². The van der Waals surface area contributed by atoms with Crippen LogP contribution in [0.4, 0.5) is 0 Å². The van der Waals surface area contributed by atoms with Crippen molar-refractivity contribution in [2.24, 2.45) is 11.8 Å². The molecule has 2 unspecified atom stereocenters. The van der Waals surface area contributed by atoms with Gasteiger partial charge >= 0.3 is 0 Å². The van der Waals surface area contributed by atoms with Crippen molar-refractivity contribution in [2.75, 3.05) is 33.2 Å². The maximum absolute atomic E-state index is 3.46. The van der Waals surface area contributed by atoms with Crippen molar-refractivity contribution >= 4 is 0 Å². The summed E-state index contributed by atoms with van der Waals surface area (Å²) in [4.78, 5) is 2.53. The molecule has 0 aromatic rings. The van der Waals surface area contributed by atoms with Crippen molar-refractivity contribution in [2.45, 2.75) is 52.4 Å². The topological polar surface area (TPSA) is 15.3 Å². The first-order valence-electron chi connectivity index (χ1n) is 7.63. The summed E-state index contributed by atoms with van der Waals surface area (Å²) in [6, 6.07) is 0. The van der Waals surface area contributed by atoms with Gasteiger partial charge < -0.3 is 10.2 Å². The van der Waals surface area contributed by atoms with Gasteiger partial charge in [0.05, 0.1) is 0 Å². The lowest BCUT2D eigenvalue weighted by atomic mass is 10.2. The van der Waals surface area contributed by atoms with Crippen molar-refractivity contribution < 1.29 is 0 Å². The van der Waals surface area contributed by atoms with Crippen LogP contribution in [0.15, 0.2) is 0 Å². The van der Waals surface area contributed by atoms with Crippen LogP contribution in [0.1, 0.15) is 52.4 Å². The fourth-order valence-corrected chi connectivity index (χ4v) is 2.43. The van der Waals surface area contributed by atoms with Gasteiger partial charge in [0.2, 0.25) is 0 Å². The molecule has 1 rings (SSSR count). The molecule has 1 fully saturated rings. The van der Waals surface area contributed by atoms with Crippen LogP contribution in [0.3, 0.4) is 0 Å². The Kier molecular flexibility index (Phi) is 7.87. The Labute approximate surface area is 108 Å². The van der Waals surface area contributed by atoms with Gasteiger partial charge in [-0.25, -0.2) is 0 Å². The van der Waals surface area contributed by atoms with E-state index >= 15 is 0 Å². The molecule has 0 radical (unpaired) electrons. The summed E-state index contributed by atoms with van der Waals surface area (Å²) in [6.45, 7) is 9.63. The van der Waals surface area contributed by atoms with E-state index in [2.05, 4.69) is 31.1 Å². The van der Waals surface area contributed by atoms with E-state index in [1.54, 1.807) is 0 Å². The number of nitrogens with zero attached hydrogens (tertiary/aromatic N) is 1. The van der Waals surface area contributed by atoms with E-state index in [1.807, 2.05) is 0 Å². The largest absolute Gasteiger partial charge is 0.317 e. The first kappa shape index (κ1) is 15.0. The molecule has 17 heavy (non-hydrogen) atoms. The second-order valence-electron chi connectivity index (χ2n) is 5.90. The molecule has 1 aliphatic rings. The predicted octanol–water partition coefficient (Wildman–Crippen LogP) is 3.13. The van der Waals surface area contributed by atoms with Crippen molar-refractivity contribution in [3.63, 3.8) is 0 Å². The minimum absolute atomic E-state index is 1.00. The van der Waals surface area contributed by atoms with Crippen LogP contribution in [0.5, 0.6) is 0 Å². The Morgan fingerprint density at radius 2 is 1.82 bits per heavy atom. The molecular formula is C15H32N2. The van der Waals surface area contributed by atoms with Crippen LogP contribution < -0.4 is 5.32 Å². The second kappa shape index (κ2) is 8.93. The highest BCUT2D eigenvalue weighted by Crippen LogP contribution is 2.37. The summed E-state index contributed by atoms with van der Waals surface area (Å²) in [5.74, 6) is 2.01. The Morgan fingerprint density at radius 1 is 1.12 bits per heavy atom. The highest BCUT2D eigenvalue weighted by atomic mass is 15.1. The Bertz CT molecular complexity index is 182. The zero-order valence-corrected chi connectivity index (χ0v) is 12.2. The number of unbranched alkanes of at least 4 members (excludes halogenated alkanes) is 3. The van der Waals surface area contributed by atoms with E-state index in [1.165, 1.54) is 64.7 Å². The van der Waals surface area contributed by atoms with Gasteiger partial charge in [-0.15, -0.1) is 0 Å². The fourth-order valence-electron chi connectivity index (χ4n) is 2.43. The zero-order chi connectivity index (χ0) is 12.5. The van der Waals surface area contributed by atoms with E-state index in [4.69, 9.17) is 0 Å². The zero-order valence-electron chi connectivity index (χ0n) is 12.2. The van der Waals surface area contributed by atoms with Gasteiger partial charge in [-0.05, 0) is 64.2 Å². The summed E-state index contributed by atoms with van der Waals surface area (Å²) < 4.78 is 0. The minimum Gasteiger partial charge on any atom is -0.317 e. The highest BCUT2D eigenvalue weighted by molar-refractivity contribution is 4.84. The Balaban J connectivity index is 1.77. The molecule has 0 amide bonds. The molecule has 0 heterocycles. The molecule has 2 heteroatoms. The van der Waals surface area contributed by atoms with Crippen molar-refractivity contribution in [1.82, 2.24) is 10.2 Å². The number of rotatable bonds is 11. The summed E-state index contributed by atoms with van der Waals surface area (Å²) in [7, 11) is 2.29. The van der Waals surface area contributed by atoms with Gasteiger partial charge in [0, 0.05) is 6.54 Å². The minimum atomic E-state index is 1.00. The lowest BCUT2D eigenvalue weighted by Crippen LogP contribution is -2.22. The maximum atomic E-state index is 3.46. The first-order valence-corrected chi connectivity index (χ1v) is 7.63. The molecule has 2 nitrogen and oxygen atoms in total. The van der Waals surface area contributed by atoms with Crippen molar-refractivity contribution in [3.8, 4) is 0 Å². The fraction of sp³-hybridized carbons (Fsp3) is 1.00. The molecule has 1 N–H and O–H groups in total. The van der Waals surface area contributed by atoms with Gasteiger partial charge in [0.25, 0.3) is 0 Å². The van der Waals surface area contributed by atoms with Gasteiger partial charge in [0.1, 0.15) is 0 Å². The SMILES string of the molecule is CCCNCCCCCCN(C)CC1CC1C. The molecule has 102 valence electrons. The average molecular weight is 240 g/mol. The average Bonchev–Trinajstić information content (AvgIpc) is 2.98. The maximum Gasteiger partial charge on any atom is 0.000926 e. The number of hydrogen-bond acceptors (Lipinski definition) is 2. The van der Waals surface area contributed by atoms with E-state index in [-0.39, 0.29) is 0 Å². The van der Waals surface area contributed by atoms with E-state index in [0.717, 1.165) is 11.8 Å². The van der Waals surface area contributed by atoms with Crippen LogP contribution in [-0.2, 0) is 0 Å². The molecule has 0 bridgehead atoms. The molecule has 0 aromatic carbocycles. The predicted molar refractivity (Wildman–Crippen MR) is 76.4 cm³/mol. The van der Waals surface area contributed by atoms with Crippen LogP contribution in [0.2, 0.25) is 0 Å². The summed E-state index contributed by atoms with van der Waals surface area (Å²) in [5.41, 5.74) is 0. The molecule has 0 aliphatic heterocycles. The normalized spacial score (nSPS) is 23.3. The monoisotopic (exact) mass is 240 g/mol. The molecule has 1 aliphatic carbocycles. The van der Waals surface area contributed by atoms with E-state index < -0.39 is 0 Å². The van der Waals surface area contributed by atoms with Crippen molar-refractivity contribution in [1.29, 1.82) is 0 Å². The molecular weight excluding hydrogens is 208 g/mol. The van der Waals surface area contributed by atoms with E-state index in [0.29, 0.717) is 0 Å². The summed E-state index contributed by atoms with van der Waals surface area (Å²) in [5, 5.41) is 3.46. The third-order valence-electron chi connectivity index (χ3n) is 3.89. The molecule has 2 atom stereocenters. The van der Waals surface area contributed by atoms with Crippen LogP contribution in [0, 0.1) is 11.8 Å². The van der Waals surface area contributed by atoms with Gasteiger partial charge in [-0.3, -0.25) is 0 Å².